The Labute approximate surface area is 102 Å². The lowest BCUT2D eigenvalue weighted by molar-refractivity contribution is 0.112. The third-order valence-electron chi connectivity index (χ3n) is 2.39. The van der Waals surface area contributed by atoms with Gasteiger partial charge < -0.3 is 4.90 Å². The normalized spacial score (nSPS) is 10.4. The van der Waals surface area contributed by atoms with Crippen molar-refractivity contribution < 1.29 is 4.79 Å². The fourth-order valence-corrected chi connectivity index (χ4v) is 2.97. The standard InChI is InChI=1S/C11H12N2OS2/c1-8-11(16-7-12-8)4-13(2)9-3-10(5-14)15-6-9/h3,5-7H,4H2,1-2H3. The van der Waals surface area contributed by atoms with Crippen molar-refractivity contribution in [2.75, 3.05) is 11.9 Å². The molecule has 0 N–H and O–H groups in total. The number of hydrogen-bond donors (Lipinski definition) is 0. The maximum absolute atomic E-state index is 10.6. The molecule has 16 heavy (non-hydrogen) atoms. The number of thiophene rings is 1. The molecule has 2 aromatic heterocycles. The molecule has 0 aliphatic heterocycles. The number of rotatable bonds is 4. The van der Waals surface area contributed by atoms with Crippen LogP contribution in [0.15, 0.2) is 17.0 Å². The summed E-state index contributed by atoms with van der Waals surface area (Å²) in [4.78, 5) is 19.0. The maximum Gasteiger partial charge on any atom is 0.160 e. The molecule has 0 atom stereocenters. The monoisotopic (exact) mass is 252 g/mol. The van der Waals surface area contributed by atoms with Gasteiger partial charge in [0.2, 0.25) is 0 Å². The number of aldehydes is 1. The van der Waals surface area contributed by atoms with Crippen LogP contribution in [0.25, 0.3) is 0 Å². The molecule has 0 saturated heterocycles. The number of aryl methyl sites for hydroxylation is 1. The molecule has 0 amide bonds. The predicted molar refractivity (Wildman–Crippen MR) is 68.7 cm³/mol. The predicted octanol–water partition coefficient (Wildman–Crippen LogP) is 2.96. The molecule has 3 nitrogen and oxygen atoms in total. The summed E-state index contributed by atoms with van der Waals surface area (Å²) in [5, 5.41) is 2.00. The quantitative estimate of drug-likeness (QED) is 0.784. The van der Waals surface area contributed by atoms with E-state index in [4.69, 9.17) is 0 Å². The van der Waals surface area contributed by atoms with Crippen molar-refractivity contribution >= 4 is 34.6 Å². The summed E-state index contributed by atoms with van der Waals surface area (Å²) < 4.78 is 0. The van der Waals surface area contributed by atoms with Crippen LogP contribution in [0.4, 0.5) is 5.69 Å². The summed E-state index contributed by atoms with van der Waals surface area (Å²) in [5.74, 6) is 0. The summed E-state index contributed by atoms with van der Waals surface area (Å²) in [6.45, 7) is 2.86. The van der Waals surface area contributed by atoms with Gasteiger partial charge in [0.1, 0.15) is 0 Å². The third kappa shape index (κ3) is 2.31. The fraction of sp³-hybridized carbons (Fsp3) is 0.273. The van der Waals surface area contributed by atoms with Gasteiger partial charge in [-0.3, -0.25) is 4.79 Å². The number of nitrogens with zero attached hydrogens (tertiary/aromatic N) is 2. The number of thiazole rings is 1. The molecule has 0 radical (unpaired) electrons. The number of anilines is 1. The van der Waals surface area contributed by atoms with Crippen molar-refractivity contribution in [2.24, 2.45) is 0 Å². The van der Waals surface area contributed by atoms with E-state index < -0.39 is 0 Å². The van der Waals surface area contributed by atoms with Crippen LogP contribution in [-0.2, 0) is 6.54 Å². The van der Waals surface area contributed by atoms with E-state index in [1.54, 1.807) is 11.3 Å². The zero-order valence-corrected chi connectivity index (χ0v) is 10.8. The van der Waals surface area contributed by atoms with E-state index in [-0.39, 0.29) is 0 Å². The van der Waals surface area contributed by atoms with Crippen molar-refractivity contribution in [3.8, 4) is 0 Å². The Balaban J connectivity index is 2.11. The van der Waals surface area contributed by atoms with Crippen LogP contribution < -0.4 is 4.90 Å². The van der Waals surface area contributed by atoms with Gasteiger partial charge in [-0.25, -0.2) is 4.98 Å². The summed E-state index contributed by atoms with van der Waals surface area (Å²) in [5.41, 5.74) is 4.03. The largest absolute Gasteiger partial charge is 0.369 e. The van der Waals surface area contributed by atoms with Crippen LogP contribution in [0.2, 0.25) is 0 Å². The Morgan fingerprint density at radius 2 is 2.31 bits per heavy atom. The van der Waals surface area contributed by atoms with Gasteiger partial charge in [0.05, 0.1) is 22.6 Å². The second kappa shape index (κ2) is 4.76. The average Bonchev–Trinajstić information content (AvgIpc) is 2.88. The number of carbonyl (C=O) groups is 1. The second-order valence-electron chi connectivity index (χ2n) is 3.54. The molecule has 0 saturated carbocycles. The maximum atomic E-state index is 10.6. The van der Waals surface area contributed by atoms with Crippen molar-refractivity contribution in [3.63, 3.8) is 0 Å². The highest BCUT2D eigenvalue weighted by atomic mass is 32.1. The van der Waals surface area contributed by atoms with Crippen LogP contribution in [0.3, 0.4) is 0 Å². The van der Waals surface area contributed by atoms with Crippen LogP contribution in [-0.4, -0.2) is 18.3 Å². The number of aromatic nitrogens is 1. The fourth-order valence-electron chi connectivity index (χ4n) is 1.39. The smallest absolute Gasteiger partial charge is 0.160 e. The molecule has 5 heteroatoms. The molecule has 0 spiro atoms. The summed E-state index contributed by atoms with van der Waals surface area (Å²) in [7, 11) is 2.02. The van der Waals surface area contributed by atoms with Crippen molar-refractivity contribution in [1.82, 2.24) is 4.98 Å². The molecule has 0 bridgehead atoms. The first-order valence-corrected chi connectivity index (χ1v) is 6.60. The molecule has 0 unspecified atom stereocenters. The van der Waals surface area contributed by atoms with E-state index in [1.807, 2.05) is 30.9 Å². The first-order valence-electron chi connectivity index (χ1n) is 4.84. The summed E-state index contributed by atoms with van der Waals surface area (Å²) >= 11 is 3.14. The van der Waals surface area contributed by atoms with Crippen LogP contribution in [0.1, 0.15) is 20.2 Å². The van der Waals surface area contributed by atoms with Gasteiger partial charge in [0, 0.05) is 23.0 Å². The minimum atomic E-state index is 0.767. The molecular formula is C11H12N2OS2. The molecule has 2 rings (SSSR count). The highest BCUT2D eigenvalue weighted by Gasteiger charge is 2.08. The lowest BCUT2D eigenvalue weighted by Gasteiger charge is -2.16. The van der Waals surface area contributed by atoms with Gasteiger partial charge in [-0.1, -0.05) is 0 Å². The molecule has 84 valence electrons. The first-order chi connectivity index (χ1) is 7.70. The Bertz CT molecular complexity index is 490. The topological polar surface area (TPSA) is 33.2 Å². The van der Waals surface area contributed by atoms with Crippen LogP contribution >= 0.6 is 22.7 Å². The Kier molecular flexibility index (Phi) is 3.36. The molecule has 0 aliphatic carbocycles. The van der Waals surface area contributed by atoms with E-state index in [2.05, 4.69) is 9.88 Å². The highest BCUT2D eigenvalue weighted by molar-refractivity contribution is 7.12. The van der Waals surface area contributed by atoms with Gasteiger partial charge in [-0.05, 0) is 13.0 Å². The molecule has 2 aromatic rings. The van der Waals surface area contributed by atoms with E-state index in [9.17, 15) is 4.79 Å². The molecule has 2 heterocycles. The number of carbonyl (C=O) groups excluding carboxylic acids is 1. The Hall–Kier alpha value is -1.20. The lowest BCUT2D eigenvalue weighted by Crippen LogP contribution is -2.15. The summed E-state index contributed by atoms with van der Waals surface area (Å²) in [6, 6.07) is 1.91. The third-order valence-corrected chi connectivity index (χ3v) is 4.15. The molecular weight excluding hydrogens is 240 g/mol. The van der Waals surface area contributed by atoms with Crippen molar-refractivity contribution in [1.29, 1.82) is 0 Å². The highest BCUT2D eigenvalue weighted by Crippen LogP contribution is 2.24. The lowest BCUT2D eigenvalue weighted by atomic mass is 10.3. The molecule has 0 fully saturated rings. The van der Waals surface area contributed by atoms with Crippen LogP contribution in [0, 0.1) is 6.92 Å². The second-order valence-corrected chi connectivity index (χ2v) is 5.42. The van der Waals surface area contributed by atoms with Crippen LogP contribution in [0.5, 0.6) is 0 Å². The Morgan fingerprint density at radius 1 is 1.50 bits per heavy atom. The zero-order chi connectivity index (χ0) is 11.5. The van der Waals surface area contributed by atoms with Gasteiger partial charge >= 0.3 is 0 Å². The minimum absolute atomic E-state index is 0.767. The Morgan fingerprint density at radius 3 is 2.88 bits per heavy atom. The average molecular weight is 252 g/mol. The zero-order valence-electron chi connectivity index (χ0n) is 9.14. The minimum Gasteiger partial charge on any atom is -0.369 e. The van der Waals surface area contributed by atoms with Crippen molar-refractivity contribution in [3.05, 3.63) is 32.4 Å². The molecule has 0 aromatic carbocycles. The van der Waals surface area contributed by atoms with Gasteiger partial charge in [0.15, 0.2) is 6.29 Å². The summed E-state index contributed by atoms with van der Waals surface area (Å²) in [6.07, 6.45) is 0.889. The van der Waals surface area contributed by atoms with Crippen molar-refractivity contribution in [2.45, 2.75) is 13.5 Å². The molecule has 0 aliphatic rings. The van der Waals surface area contributed by atoms with Gasteiger partial charge in [-0.2, -0.15) is 0 Å². The number of hydrogen-bond acceptors (Lipinski definition) is 5. The van der Waals surface area contributed by atoms with E-state index in [0.717, 1.165) is 29.1 Å². The van der Waals surface area contributed by atoms with E-state index >= 15 is 0 Å². The van der Waals surface area contributed by atoms with Gasteiger partial charge in [-0.15, -0.1) is 22.7 Å². The van der Waals surface area contributed by atoms with E-state index in [1.165, 1.54) is 16.2 Å². The van der Waals surface area contributed by atoms with Gasteiger partial charge in [0.25, 0.3) is 0 Å². The SMILES string of the molecule is Cc1ncsc1CN(C)c1csc(C=O)c1. The first kappa shape index (κ1) is 11.3. The van der Waals surface area contributed by atoms with E-state index in [0.29, 0.717) is 0 Å².